The average Bonchev–Trinajstić information content (AvgIpc) is 3.39. The number of nitrogens with zero attached hydrogens (tertiary/aromatic N) is 2. The summed E-state index contributed by atoms with van der Waals surface area (Å²) in [6, 6.07) is 40.3. The molecule has 3 aromatic carbocycles. The summed E-state index contributed by atoms with van der Waals surface area (Å²) in [5, 5.41) is 10.9. The molecule has 4 heteroatoms. The first-order valence-corrected chi connectivity index (χ1v) is 13.1. The molecule has 0 aliphatic carbocycles. The molecule has 0 fully saturated rings. The van der Waals surface area contributed by atoms with Crippen LogP contribution in [0.1, 0.15) is 25.2 Å². The van der Waals surface area contributed by atoms with Crippen LogP contribution >= 0.6 is 0 Å². The van der Waals surface area contributed by atoms with Gasteiger partial charge in [-0.05, 0) is 61.4 Å². The first kappa shape index (κ1) is 24.4. The molecule has 0 atom stereocenters. The normalized spacial score (nSPS) is 11.4. The molecule has 39 heavy (non-hydrogen) atoms. The minimum atomic E-state index is -0.389. The highest BCUT2D eigenvalue weighted by atomic mass is 16.3. The summed E-state index contributed by atoms with van der Waals surface area (Å²) >= 11 is 0. The Hall–Kier alpha value is -4.96. The van der Waals surface area contributed by atoms with Crippen molar-refractivity contribution in [2.24, 2.45) is 0 Å². The Kier molecular flexibility index (Phi) is 6.29. The van der Waals surface area contributed by atoms with Gasteiger partial charge < -0.3 is 10.1 Å². The standard InChI is InChI=1S/C35H29N3O/c1-35(2,29-21-11-12-23-36-29)30-22-13-19-27(37-30)34-32(25-16-7-4-8-17-25)31(24-14-5-3-6-15-24)33(38-34)26-18-9-10-20-28(26)39/h3-23,38-39H,1-2H3. The van der Waals surface area contributed by atoms with Crippen LogP contribution in [0.2, 0.25) is 0 Å². The molecular weight excluding hydrogens is 478 g/mol. The predicted octanol–water partition coefficient (Wildman–Crippen LogP) is 8.50. The van der Waals surface area contributed by atoms with Gasteiger partial charge in [-0.1, -0.05) is 84.9 Å². The Morgan fingerprint density at radius 2 is 1.18 bits per heavy atom. The van der Waals surface area contributed by atoms with Gasteiger partial charge in [-0.15, -0.1) is 0 Å². The summed E-state index contributed by atoms with van der Waals surface area (Å²) in [6.07, 6.45) is 1.82. The molecule has 0 aliphatic heterocycles. The fourth-order valence-electron chi connectivity index (χ4n) is 5.15. The van der Waals surface area contributed by atoms with Gasteiger partial charge in [-0.2, -0.15) is 0 Å². The Labute approximate surface area is 228 Å². The van der Waals surface area contributed by atoms with Crippen molar-refractivity contribution >= 4 is 0 Å². The molecule has 0 unspecified atom stereocenters. The van der Waals surface area contributed by atoms with Crippen LogP contribution in [0.4, 0.5) is 0 Å². The first-order chi connectivity index (χ1) is 19.0. The number of hydrogen-bond donors (Lipinski definition) is 2. The molecule has 3 aromatic heterocycles. The van der Waals surface area contributed by atoms with Gasteiger partial charge in [0.15, 0.2) is 0 Å². The van der Waals surface area contributed by atoms with E-state index in [1.807, 2.05) is 72.9 Å². The summed E-state index contributed by atoms with van der Waals surface area (Å²) in [4.78, 5) is 13.5. The van der Waals surface area contributed by atoms with Crippen molar-refractivity contribution in [1.82, 2.24) is 15.0 Å². The third-order valence-corrected chi connectivity index (χ3v) is 7.25. The van der Waals surface area contributed by atoms with Gasteiger partial charge in [0.25, 0.3) is 0 Å². The van der Waals surface area contributed by atoms with Crippen LogP contribution in [-0.4, -0.2) is 20.1 Å². The van der Waals surface area contributed by atoms with Crippen molar-refractivity contribution in [3.8, 4) is 50.6 Å². The highest BCUT2D eigenvalue weighted by Crippen LogP contribution is 2.47. The lowest BCUT2D eigenvalue weighted by Crippen LogP contribution is -2.22. The minimum absolute atomic E-state index is 0.222. The smallest absolute Gasteiger partial charge is 0.124 e. The second-order valence-electron chi connectivity index (χ2n) is 10.1. The van der Waals surface area contributed by atoms with Gasteiger partial charge in [0, 0.05) is 28.3 Å². The van der Waals surface area contributed by atoms with E-state index in [0.29, 0.717) is 0 Å². The van der Waals surface area contributed by atoms with E-state index in [0.717, 1.165) is 56.3 Å². The second kappa shape index (κ2) is 10.1. The molecule has 0 saturated carbocycles. The number of H-pyrrole nitrogens is 1. The number of pyridine rings is 2. The lowest BCUT2D eigenvalue weighted by atomic mass is 9.84. The molecule has 6 rings (SSSR count). The van der Waals surface area contributed by atoms with E-state index < -0.39 is 0 Å². The molecular formula is C35H29N3O. The zero-order chi connectivity index (χ0) is 26.8. The first-order valence-electron chi connectivity index (χ1n) is 13.1. The van der Waals surface area contributed by atoms with Crippen LogP contribution in [0.25, 0.3) is 44.9 Å². The lowest BCUT2D eigenvalue weighted by molar-refractivity contribution is 0.477. The number of hydrogen-bond acceptors (Lipinski definition) is 3. The zero-order valence-electron chi connectivity index (χ0n) is 22.0. The Bertz CT molecular complexity index is 1720. The summed E-state index contributed by atoms with van der Waals surface area (Å²) in [5.74, 6) is 0.222. The maximum Gasteiger partial charge on any atom is 0.124 e. The third kappa shape index (κ3) is 4.51. The maximum absolute atomic E-state index is 10.9. The summed E-state index contributed by atoms with van der Waals surface area (Å²) in [5.41, 5.74) is 9.01. The van der Waals surface area contributed by atoms with E-state index in [9.17, 15) is 5.11 Å². The molecule has 2 N–H and O–H groups in total. The van der Waals surface area contributed by atoms with Crippen LogP contribution < -0.4 is 0 Å². The highest BCUT2D eigenvalue weighted by molar-refractivity contribution is 6.01. The Morgan fingerprint density at radius 3 is 1.82 bits per heavy atom. The molecule has 190 valence electrons. The van der Waals surface area contributed by atoms with Gasteiger partial charge in [-0.25, -0.2) is 0 Å². The molecule has 0 amide bonds. The number of aromatic amines is 1. The van der Waals surface area contributed by atoms with Crippen molar-refractivity contribution < 1.29 is 5.11 Å². The maximum atomic E-state index is 10.9. The van der Waals surface area contributed by atoms with Crippen LogP contribution in [0.15, 0.2) is 128 Å². The average molecular weight is 508 g/mol. The Balaban J connectivity index is 1.64. The molecule has 6 aromatic rings. The van der Waals surface area contributed by atoms with Crippen LogP contribution in [-0.2, 0) is 5.41 Å². The van der Waals surface area contributed by atoms with Crippen molar-refractivity contribution in [3.63, 3.8) is 0 Å². The van der Waals surface area contributed by atoms with E-state index in [2.05, 4.69) is 72.3 Å². The third-order valence-electron chi connectivity index (χ3n) is 7.25. The van der Waals surface area contributed by atoms with Gasteiger partial charge in [0.2, 0.25) is 0 Å². The highest BCUT2D eigenvalue weighted by Gasteiger charge is 2.28. The van der Waals surface area contributed by atoms with Gasteiger partial charge in [0.1, 0.15) is 5.75 Å². The number of rotatable bonds is 6. The zero-order valence-corrected chi connectivity index (χ0v) is 22.0. The number of aromatic hydroxyl groups is 1. The number of para-hydroxylation sites is 1. The van der Waals surface area contributed by atoms with Crippen molar-refractivity contribution in [3.05, 3.63) is 139 Å². The molecule has 4 nitrogen and oxygen atoms in total. The van der Waals surface area contributed by atoms with E-state index in [4.69, 9.17) is 4.98 Å². The SMILES string of the molecule is CC(C)(c1ccccn1)c1cccc(-c2[nH]c(-c3ccccc3O)c(-c3ccccc3)c2-c2ccccc2)n1. The molecule has 0 spiro atoms. The van der Waals surface area contributed by atoms with Crippen LogP contribution in [0.3, 0.4) is 0 Å². The molecule has 0 bridgehead atoms. The number of nitrogens with one attached hydrogen (secondary N) is 1. The predicted molar refractivity (Wildman–Crippen MR) is 158 cm³/mol. The number of phenols is 1. The second-order valence-corrected chi connectivity index (χ2v) is 10.1. The van der Waals surface area contributed by atoms with Crippen LogP contribution in [0, 0.1) is 0 Å². The monoisotopic (exact) mass is 507 g/mol. The summed E-state index contributed by atoms with van der Waals surface area (Å²) < 4.78 is 0. The van der Waals surface area contributed by atoms with Crippen LogP contribution in [0.5, 0.6) is 5.75 Å². The van der Waals surface area contributed by atoms with E-state index in [1.54, 1.807) is 6.07 Å². The fraction of sp³-hybridized carbons (Fsp3) is 0.0857. The number of phenolic OH excluding ortho intramolecular Hbond substituents is 1. The lowest BCUT2D eigenvalue weighted by Gasteiger charge is -2.24. The topological polar surface area (TPSA) is 61.8 Å². The van der Waals surface area contributed by atoms with E-state index >= 15 is 0 Å². The quantitative estimate of drug-likeness (QED) is 0.238. The minimum Gasteiger partial charge on any atom is -0.507 e. The van der Waals surface area contributed by atoms with E-state index in [1.165, 1.54) is 0 Å². The fourth-order valence-corrected chi connectivity index (χ4v) is 5.15. The Morgan fingerprint density at radius 1 is 0.590 bits per heavy atom. The summed E-state index contributed by atoms with van der Waals surface area (Å²) in [7, 11) is 0. The van der Waals surface area contributed by atoms with Crippen molar-refractivity contribution in [2.45, 2.75) is 19.3 Å². The molecule has 3 heterocycles. The number of aromatic nitrogens is 3. The summed E-state index contributed by atoms with van der Waals surface area (Å²) in [6.45, 7) is 4.30. The van der Waals surface area contributed by atoms with Crippen molar-refractivity contribution in [2.75, 3.05) is 0 Å². The molecule has 0 aliphatic rings. The molecule has 0 radical (unpaired) electrons. The van der Waals surface area contributed by atoms with Gasteiger partial charge >= 0.3 is 0 Å². The van der Waals surface area contributed by atoms with Gasteiger partial charge in [0.05, 0.1) is 28.5 Å². The largest absolute Gasteiger partial charge is 0.507 e. The number of benzene rings is 3. The van der Waals surface area contributed by atoms with Gasteiger partial charge in [-0.3, -0.25) is 9.97 Å². The molecule has 0 saturated heterocycles. The van der Waals surface area contributed by atoms with Crippen molar-refractivity contribution in [1.29, 1.82) is 0 Å². The van der Waals surface area contributed by atoms with E-state index in [-0.39, 0.29) is 11.2 Å².